The van der Waals surface area contributed by atoms with E-state index in [1.807, 2.05) is 18.2 Å². The monoisotopic (exact) mass is 256 g/mol. The minimum Gasteiger partial charge on any atom is -0.373 e. The van der Waals surface area contributed by atoms with Gasteiger partial charge in [-0.15, -0.1) is 0 Å². The maximum absolute atomic E-state index is 10.9. The molecule has 0 unspecified atom stereocenters. The van der Waals surface area contributed by atoms with Crippen LogP contribution in [0.3, 0.4) is 0 Å². The van der Waals surface area contributed by atoms with Gasteiger partial charge in [0.25, 0.3) is 0 Å². The van der Waals surface area contributed by atoms with Gasteiger partial charge in [0.15, 0.2) is 5.78 Å². The summed E-state index contributed by atoms with van der Waals surface area (Å²) in [6.45, 7) is 0.806. The number of benzene rings is 1. The van der Waals surface area contributed by atoms with Gasteiger partial charge < -0.3 is 4.74 Å². The van der Waals surface area contributed by atoms with Gasteiger partial charge in [0.1, 0.15) is 6.61 Å². The van der Waals surface area contributed by atoms with E-state index in [1.54, 1.807) is 0 Å². The lowest BCUT2D eigenvalue weighted by Gasteiger charge is -2.02. The smallest absolute Gasteiger partial charge is 0.168 e. The van der Waals surface area contributed by atoms with E-state index in [4.69, 9.17) is 4.74 Å². The molecule has 0 radical (unpaired) electrons. The molecule has 3 heteroatoms. The second kappa shape index (κ2) is 6.74. The molecule has 0 aliphatic heterocycles. The van der Waals surface area contributed by atoms with Crippen molar-refractivity contribution in [3.63, 3.8) is 0 Å². The molecule has 0 saturated carbocycles. The van der Waals surface area contributed by atoms with Gasteiger partial charge in [-0.05, 0) is 12.0 Å². The molecule has 0 N–H and O–H groups in total. The van der Waals surface area contributed by atoms with E-state index in [0.717, 1.165) is 6.42 Å². The Morgan fingerprint density at radius 2 is 2.00 bits per heavy atom. The van der Waals surface area contributed by atoms with E-state index in [1.165, 1.54) is 5.56 Å². The number of ketones is 1. The predicted octanol–water partition coefficient (Wildman–Crippen LogP) is 2.21. The Hall–Kier alpha value is -0.670. The number of alkyl halides is 1. The minimum atomic E-state index is 0.0815. The lowest BCUT2D eigenvalue weighted by molar-refractivity contribution is -0.120. The van der Waals surface area contributed by atoms with E-state index in [2.05, 4.69) is 28.1 Å². The summed E-state index contributed by atoms with van der Waals surface area (Å²) < 4.78 is 5.21. The molecule has 1 aromatic rings. The molecule has 0 atom stereocenters. The molecule has 0 aliphatic carbocycles. The topological polar surface area (TPSA) is 26.3 Å². The first-order valence-electron chi connectivity index (χ1n) is 4.52. The van der Waals surface area contributed by atoms with Crippen molar-refractivity contribution in [2.75, 3.05) is 18.5 Å². The van der Waals surface area contributed by atoms with Gasteiger partial charge in [0, 0.05) is 0 Å². The van der Waals surface area contributed by atoms with Crippen molar-refractivity contribution in [3.8, 4) is 0 Å². The Morgan fingerprint density at radius 1 is 1.29 bits per heavy atom. The number of carbonyl (C=O) groups excluding carboxylic acids is 1. The highest BCUT2D eigenvalue weighted by molar-refractivity contribution is 9.09. The molecule has 14 heavy (non-hydrogen) atoms. The van der Waals surface area contributed by atoms with Gasteiger partial charge in [-0.1, -0.05) is 46.3 Å². The first kappa shape index (κ1) is 11.4. The van der Waals surface area contributed by atoms with E-state index < -0.39 is 0 Å². The molecule has 0 aromatic heterocycles. The maximum atomic E-state index is 10.9. The number of Topliss-reactive ketones (excluding diaryl/α,β-unsaturated/α-hetero) is 1. The number of rotatable bonds is 6. The summed E-state index contributed by atoms with van der Waals surface area (Å²) in [5.41, 5.74) is 1.23. The summed E-state index contributed by atoms with van der Waals surface area (Å²) in [6.07, 6.45) is 0.858. The second-order valence-corrected chi connectivity index (χ2v) is 3.52. The fraction of sp³-hybridized carbons (Fsp3) is 0.364. The molecule has 0 heterocycles. The van der Waals surface area contributed by atoms with Crippen molar-refractivity contribution < 1.29 is 9.53 Å². The summed E-state index contributed by atoms with van der Waals surface area (Å²) in [6, 6.07) is 10.1. The molecule has 0 fully saturated rings. The van der Waals surface area contributed by atoms with Gasteiger partial charge in [-0.3, -0.25) is 4.79 Å². The van der Waals surface area contributed by atoms with E-state index in [0.29, 0.717) is 11.9 Å². The van der Waals surface area contributed by atoms with Crippen molar-refractivity contribution in [1.82, 2.24) is 0 Å². The molecule has 2 nitrogen and oxygen atoms in total. The van der Waals surface area contributed by atoms with Crippen molar-refractivity contribution >= 4 is 21.7 Å². The predicted molar refractivity (Wildman–Crippen MR) is 59.8 cm³/mol. The fourth-order valence-corrected chi connectivity index (χ4v) is 1.22. The number of halogens is 1. The molecule has 0 spiro atoms. The molecule has 1 aromatic carbocycles. The van der Waals surface area contributed by atoms with Crippen molar-refractivity contribution in [1.29, 1.82) is 0 Å². The Labute approximate surface area is 92.4 Å². The third-order valence-corrected chi connectivity index (χ3v) is 2.42. The quantitative estimate of drug-likeness (QED) is 0.577. The Balaban J connectivity index is 2.13. The molecular weight excluding hydrogens is 244 g/mol. The number of hydrogen-bond donors (Lipinski definition) is 0. The van der Waals surface area contributed by atoms with Crippen LogP contribution in [-0.2, 0) is 16.0 Å². The number of carbonyl (C=O) groups is 1. The molecule has 0 bridgehead atoms. The zero-order chi connectivity index (χ0) is 10.2. The van der Waals surface area contributed by atoms with Crippen LogP contribution in [0.1, 0.15) is 5.56 Å². The zero-order valence-corrected chi connectivity index (χ0v) is 9.50. The minimum absolute atomic E-state index is 0.0815. The standard InChI is InChI=1S/C11H13BrO2/c12-8-11(13)9-14-7-6-10-4-2-1-3-5-10/h1-5H,6-9H2. The SMILES string of the molecule is O=C(CBr)COCCc1ccccc1. The van der Waals surface area contributed by atoms with Crippen LogP contribution in [0.5, 0.6) is 0 Å². The van der Waals surface area contributed by atoms with Crippen LogP contribution >= 0.6 is 15.9 Å². The average molecular weight is 257 g/mol. The van der Waals surface area contributed by atoms with Crippen LogP contribution in [0.15, 0.2) is 30.3 Å². The highest BCUT2D eigenvalue weighted by Gasteiger charge is 1.98. The molecule has 1 rings (SSSR count). The zero-order valence-electron chi connectivity index (χ0n) is 7.91. The Morgan fingerprint density at radius 3 is 2.64 bits per heavy atom. The van der Waals surface area contributed by atoms with Gasteiger partial charge >= 0.3 is 0 Å². The van der Waals surface area contributed by atoms with Crippen LogP contribution < -0.4 is 0 Å². The Bertz CT molecular complexity index is 272. The van der Waals surface area contributed by atoms with E-state index >= 15 is 0 Å². The van der Waals surface area contributed by atoms with Gasteiger partial charge in [0.05, 0.1) is 11.9 Å². The maximum Gasteiger partial charge on any atom is 0.168 e. The number of ether oxygens (including phenoxy) is 1. The second-order valence-electron chi connectivity index (χ2n) is 2.96. The largest absolute Gasteiger partial charge is 0.373 e. The lowest BCUT2D eigenvalue weighted by Crippen LogP contribution is -2.11. The van der Waals surface area contributed by atoms with Gasteiger partial charge in [-0.2, -0.15) is 0 Å². The first-order chi connectivity index (χ1) is 6.83. The summed E-state index contributed by atoms with van der Waals surface area (Å²) >= 11 is 3.08. The van der Waals surface area contributed by atoms with Crippen LogP contribution in [0, 0.1) is 0 Å². The normalized spacial score (nSPS) is 10.1. The van der Waals surface area contributed by atoms with E-state index in [-0.39, 0.29) is 12.4 Å². The van der Waals surface area contributed by atoms with Crippen molar-refractivity contribution in [2.45, 2.75) is 6.42 Å². The van der Waals surface area contributed by atoms with Gasteiger partial charge in [0.2, 0.25) is 0 Å². The van der Waals surface area contributed by atoms with Crippen LogP contribution in [0.4, 0.5) is 0 Å². The fourth-order valence-electron chi connectivity index (χ4n) is 1.06. The summed E-state index contributed by atoms with van der Waals surface area (Å²) in [5.74, 6) is 0.0815. The summed E-state index contributed by atoms with van der Waals surface area (Å²) in [5, 5.41) is 0.373. The van der Waals surface area contributed by atoms with Crippen LogP contribution in [-0.4, -0.2) is 24.3 Å². The highest BCUT2D eigenvalue weighted by atomic mass is 79.9. The molecule has 76 valence electrons. The molecule has 0 aliphatic rings. The lowest BCUT2D eigenvalue weighted by atomic mass is 10.2. The summed E-state index contributed by atoms with van der Waals surface area (Å²) in [7, 11) is 0. The summed E-state index contributed by atoms with van der Waals surface area (Å²) in [4.78, 5) is 10.9. The third-order valence-electron chi connectivity index (χ3n) is 1.79. The average Bonchev–Trinajstić information content (AvgIpc) is 2.25. The molecular formula is C11H13BrO2. The van der Waals surface area contributed by atoms with E-state index in [9.17, 15) is 4.79 Å². The van der Waals surface area contributed by atoms with Crippen molar-refractivity contribution in [3.05, 3.63) is 35.9 Å². The third kappa shape index (κ3) is 4.53. The van der Waals surface area contributed by atoms with Crippen molar-refractivity contribution in [2.24, 2.45) is 0 Å². The van der Waals surface area contributed by atoms with Gasteiger partial charge in [-0.25, -0.2) is 0 Å². The van der Waals surface area contributed by atoms with Crippen LogP contribution in [0.2, 0.25) is 0 Å². The highest BCUT2D eigenvalue weighted by Crippen LogP contribution is 1.99. The Kier molecular flexibility index (Phi) is 5.49. The number of hydrogen-bond acceptors (Lipinski definition) is 2. The van der Waals surface area contributed by atoms with Crippen LogP contribution in [0.25, 0.3) is 0 Å². The molecule has 0 amide bonds. The molecule has 0 saturated heterocycles. The first-order valence-corrected chi connectivity index (χ1v) is 5.64.